The number of methoxy groups -OCH3 is 1. The summed E-state index contributed by atoms with van der Waals surface area (Å²) in [5.74, 6) is -4.78. The molecule has 41 heavy (non-hydrogen) atoms. The van der Waals surface area contributed by atoms with Crippen LogP contribution in [0.4, 0.5) is 20.2 Å². The Morgan fingerprint density at radius 2 is 1.66 bits per heavy atom. The van der Waals surface area contributed by atoms with E-state index >= 15 is 0 Å². The van der Waals surface area contributed by atoms with Crippen molar-refractivity contribution in [2.45, 2.75) is 26.2 Å². The minimum atomic E-state index is -3.07. The van der Waals surface area contributed by atoms with Crippen LogP contribution < -0.4 is 15.1 Å². The molecule has 0 saturated heterocycles. The summed E-state index contributed by atoms with van der Waals surface area (Å²) in [6.45, 7) is 2.39. The molecule has 4 aromatic carbocycles. The van der Waals surface area contributed by atoms with Crippen molar-refractivity contribution >= 4 is 28.9 Å². The fourth-order valence-corrected chi connectivity index (χ4v) is 4.95. The summed E-state index contributed by atoms with van der Waals surface area (Å²) in [5.41, 5.74) is 4.31. The highest BCUT2D eigenvalue weighted by Gasteiger charge is 2.40. The fraction of sp³-hybridized carbons (Fsp3) is 0.182. The lowest BCUT2D eigenvalue weighted by Crippen LogP contribution is -2.36. The van der Waals surface area contributed by atoms with Crippen LogP contribution in [0.1, 0.15) is 30.5 Å². The molecule has 1 unspecified atom stereocenters. The van der Waals surface area contributed by atoms with Crippen LogP contribution >= 0.6 is 0 Å². The van der Waals surface area contributed by atoms with Crippen LogP contribution in [0.15, 0.2) is 102 Å². The number of alkyl halides is 2. The molecule has 0 aromatic heterocycles. The highest BCUT2D eigenvalue weighted by atomic mass is 19.3. The fourth-order valence-electron chi connectivity index (χ4n) is 4.95. The van der Waals surface area contributed by atoms with Gasteiger partial charge in [0, 0.05) is 35.7 Å². The van der Waals surface area contributed by atoms with Crippen molar-refractivity contribution in [2.75, 3.05) is 17.4 Å². The van der Waals surface area contributed by atoms with Gasteiger partial charge in [0.15, 0.2) is 5.92 Å². The Morgan fingerprint density at radius 3 is 2.32 bits per heavy atom. The van der Waals surface area contributed by atoms with E-state index in [9.17, 15) is 18.4 Å². The van der Waals surface area contributed by atoms with Crippen molar-refractivity contribution in [1.82, 2.24) is 0 Å². The molecule has 1 heterocycles. The van der Waals surface area contributed by atoms with Gasteiger partial charge in [0.2, 0.25) is 5.91 Å². The van der Waals surface area contributed by atoms with Crippen LogP contribution in [0.2, 0.25) is 0 Å². The van der Waals surface area contributed by atoms with Gasteiger partial charge in [-0.3, -0.25) is 9.59 Å². The lowest BCUT2D eigenvalue weighted by atomic mass is 9.96. The maximum atomic E-state index is 13.8. The average Bonchev–Trinajstić information content (AvgIpc) is 3.26. The number of rotatable bonds is 8. The van der Waals surface area contributed by atoms with Gasteiger partial charge in [-0.15, -0.1) is 0 Å². The summed E-state index contributed by atoms with van der Waals surface area (Å²) in [5, 5.41) is 8.30. The van der Waals surface area contributed by atoms with Gasteiger partial charge in [-0.05, 0) is 42.3 Å². The zero-order valence-corrected chi connectivity index (χ0v) is 22.9. The molecular weight excluding hydrogens is 524 g/mol. The molecule has 0 saturated carbocycles. The zero-order chi connectivity index (χ0) is 29.1. The normalized spacial score (nSPS) is 15.0. The molecule has 0 aliphatic carbocycles. The first-order valence-corrected chi connectivity index (χ1v) is 13.1. The standard InChI is InChI=1S/C33H29F2N3O3/c1-21-29(31(39)36-26-16-10-15-25(19-26)33(2,34)35)32(40)38(37-21)27-18-24(17-22-11-6-4-7-12-22)30(41-3)28(20-27)23-13-8-5-9-14-23/h4-16,18-20,29H,17H2,1-3H3,(H,36,39). The van der Waals surface area contributed by atoms with Gasteiger partial charge < -0.3 is 10.1 Å². The molecule has 4 aromatic rings. The van der Waals surface area contributed by atoms with E-state index in [2.05, 4.69) is 10.4 Å². The molecule has 208 valence electrons. The number of hydrogen-bond donors (Lipinski definition) is 1. The second-order valence-corrected chi connectivity index (χ2v) is 10.00. The SMILES string of the molecule is COc1c(Cc2ccccc2)cc(N2N=C(C)C(C(=O)Nc3cccc(C(C)(F)F)c3)C2=O)cc1-c1ccccc1. The van der Waals surface area contributed by atoms with Gasteiger partial charge >= 0.3 is 0 Å². The molecule has 0 bridgehead atoms. The number of nitrogens with zero attached hydrogens (tertiary/aromatic N) is 2. The van der Waals surface area contributed by atoms with Crippen LogP contribution in [-0.2, 0) is 21.9 Å². The van der Waals surface area contributed by atoms with E-state index in [4.69, 9.17) is 4.74 Å². The summed E-state index contributed by atoms with van der Waals surface area (Å²) in [6.07, 6.45) is 0.546. The van der Waals surface area contributed by atoms with E-state index in [1.165, 1.54) is 29.3 Å². The number of hydrogen-bond acceptors (Lipinski definition) is 4. The van der Waals surface area contributed by atoms with Crippen molar-refractivity contribution < 1.29 is 23.1 Å². The topological polar surface area (TPSA) is 71.0 Å². The Kier molecular flexibility index (Phi) is 7.66. The number of ether oxygens (including phenoxy) is 1. The van der Waals surface area contributed by atoms with Crippen LogP contribution in [0.25, 0.3) is 11.1 Å². The molecule has 1 atom stereocenters. The highest BCUT2D eigenvalue weighted by molar-refractivity contribution is 6.28. The smallest absolute Gasteiger partial charge is 0.270 e. The summed E-state index contributed by atoms with van der Waals surface area (Å²) in [7, 11) is 1.61. The highest BCUT2D eigenvalue weighted by Crippen LogP contribution is 2.40. The predicted molar refractivity (Wildman–Crippen MR) is 156 cm³/mol. The van der Waals surface area contributed by atoms with E-state index in [1.807, 2.05) is 72.8 Å². The Bertz CT molecular complexity index is 1620. The lowest BCUT2D eigenvalue weighted by molar-refractivity contribution is -0.127. The maximum absolute atomic E-state index is 13.8. The van der Waals surface area contributed by atoms with Crippen molar-refractivity contribution in [1.29, 1.82) is 0 Å². The number of hydrazone groups is 1. The van der Waals surface area contributed by atoms with E-state index < -0.39 is 23.7 Å². The van der Waals surface area contributed by atoms with Crippen molar-refractivity contribution in [3.8, 4) is 16.9 Å². The van der Waals surface area contributed by atoms with Gasteiger partial charge in [0.1, 0.15) is 5.75 Å². The van der Waals surface area contributed by atoms with Gasteiger partial charge in [0.05, 0.1) is 18.5 Å². The van der Waals surface area contributed by atoms with Gasteiger partial charge in [-0.2, -0.15) is 10.1 Å². The quantitative estimate of drug-likeness (QED) is 0.238. The van der Waals surface area contributed by atoms with Gasteiger partial charge in [-0.1, -0.05) is 72.8 Å². The van der Waals surface area contributed by atoms with E-state index in [1.54, 1.807) is 14.0 Å². The zero-order valence-electron chi connectivity index (χ0n) is 22.9. The van der Waals surface area contributed by atoms with E-state index in [0.717, 1.165) is 29.2 Å². The Labute approximate surface area is 237 Å². The predicted octanol–water partition coefficient (Wildman–Crippen LogP) is 7.04. The van der Waals surface area contributed by atoms with Crippen LogP contribution in [-0.4, -0.2) is 24.6 Å². The van der Waals surface area contributed by atoms with E-state index in [0.29, 0.717) is 23.6 Å². The minimum absolute atomic E-state index is 0.175. The molecular formula is C33H29F2N3O3. The molecule has 2 amide bonds. The first-order valence-electron chi connectivity index (χ1n) is 13.1. The molecule has 0 radical (unpaired) electrons. The number of nitrogens with one attached hydrogen (secondary N) is 1. The number of amides is 2. The summed E-state index contributed by atoms with van der Waals surface area (Å²) in [4.78, 5) is 26.9. The third-order valence-corrected chi connectivity index (χ3v) is 6.95. The Balaban J connectivity index is 1.50. The third kappa shape index (κ3) is 5.87. The molecule has 6 nitrogen and oxygen atoms in total. The first kappa shape index (κ1) is 27.7. The third-order valence-electron chi connectivity index (χ3n) is 6.95. The van der Waals surface area contributed by atoms with Crippen LogP contribution in [0.3, 0.4) is 0 Å². The minimum Gasteiger partial charge on any atom is -0.496 e. The van der Waals surface area contributed by atoms with Crippen LogP contribution in [0, 0.1) is 5.92 Å². The first-order chi connectivity index (χ1) is 19.7. The molecule has 0 fully saturated rings. The van der Waals surface area contributed by atoms with Crippen LogP contribution in [0.5, 0.6) is 5.75 Å². The summed E-state index contributed by atoms with van der Waals surface area (Å²) < 4.78 is 33.5. The molecule has 1 aliphatic rings. The maximum Gasteiger partial charge on any atom is 0.270 e. The molecule has 5 rings (SSSR count). The second-order valence-electron chi connectivity index (χ2n) is 10.00. The average molecular weight is 554 g/mol. The number of carbonyl (C=O) groups is 2. The lowest BCUT2D eigenvalue weighted by Gasteiger charge is -2.20. The van der Waals surface area contributed by atoms with Gasteiger partial charge in [0.25, 0.3) is 11.8 Å². The summed E-state index contributed by atoms with van der Waals surface area (Å²) in [6, 6.07) is 28.7. The Morgan fingerprint density at radius 1 is 0.976 bits per heavy atom. The Hall–Kier alpha value is -4.85. The van der Waals surface area contributed by atoms with Crippen molar-refractivity contribution in [3.63, 3.8) is 0 Å². The molecule has 0 spiro atoms. The largest absolute Gasteiger partial charge is 0.496 e. The monoisotopic (exact) mass is 553 g/mol. The number of halogens is 2. The molecule has 1 aliphatic heterocycles. The van der Waals surface area contributed by atoms with Crippen molar-refractivity contribution in [3.05, 3.63) is 114 Å². The second kappa shape index (κ2) is 11.3. The summed E-state index contributed by atoms with van der Waals surface area (Å²) >= 11 is 0. The van der Waals surface area contributed by atoms with E-state index in [-0.39, 0.29) is 11.3 Å². The van der Waals surface area contributed by atoms with Crippen molar-refractivity contribution in [2.24, 2.45) is 11.0 Å². The number of anilines is 2. The molecule has 1 N–H and O–H groups in total. The number of carbonyl (C=O) groups excluding carboxylic acids is 2. The van der Waals surface area contributed by atoms with Gasteiger partial charge in [-0.25, -0.2) is 8.78 Å². The number of benzene rings is 4. The molecule has 8 heteroatoms.